The van der Waals surface area contributed by atoms with Crippen molar-refractivity contribution in [1.29, 1.82) is 5.26 Å². The van der Waals surface area contributed by atoms with Crippen molar-refractivity contribution in [1.82, 2.24) is 4.98 Å². The van der Waals surface area contributed by atoms with Crippen LogP contribution >= 0.6 is 11.8 Å². The number of nitrogens with one attached hydrogen (secondary N) is 1. The van der Waals surface area contributed by atoms with E-state index in [1.807, 2.05) is 36.4 Å². The highest BCUT2D eigenvalue weighted by molar-refractivity contribution is 8.00. The van der Waals surface area contributed by atoms with Crippen LogP contribution in [0.25, 0.3) is 10.9 Å². The molecule has 0 aliphatic heterocycles. The highest BCUT2D eigenvalue weighted by Crippen LogP contribution is 2.28. The van der Waals surface area contributed by atoms with Crippen LogP contribution in [-0.2, 0) is 17.6 Å². The molecule has 0 aliphatic rings. The van der Waals surface area contributed by atoms with Crippen LogP contribution in [-0.4, -0.2) is 23.8 Å². The topological polar surface area (TPSA) is 75.0 Å². The van der Waals surface area contributed by atoms with Crippen molar-refractivity contribution in [2.75, 3.05) is 18.2 Å². The van der Waals surface area contributed by atoms with Gasteiger partial charge in [-0.25, -0.2) is 4.98 Å². The number of carbonyl (C=O) groups excluding carboxylic acids is 1. The zero-order chi connectivity index (χ0) is 20.8. The summed E-state index contributed by atoms with van der Waals surface area (Å²) in [5, 5.41) is 13.9. The molecule has 0 saturated heterocycles. The molecular weight excluding hydrogens is 382 g/mol. The number of nitrogens with zero attached hydrogens (tertiary/aromatic N) is 2. The summed E-state index contributed by atoms with van der Waals surface area (Å²) in [7, 11) is 1.60. The van der Waals surface area contributed by atoms with Gasteiger partial charge in [0, 0.05) is 11.1 Å². The van der Waals surface area contributed by atoms with Gasteiger partial charge in [0.25, 0.3) is 0 Å². The Morgan fingerprint density at radius 1 is 1.17 bits per heavy atom. The van der Waals surface area contributed by atoms with Gasteiger partial charge in [0.1, 0.15) is 16.8 Å². The second-order valence-corrected chi connectivity index (χ2v) is 7.47. The van der Waals surface area contributed by atoms with E-state index in [9.17, 15) is 10.1 Å². The maximum atomic E-state index is 12.6. The van der Waals surface area contributed by atoms with Crippen LogP contribution in [0, 0.1) is 11.3 Å². The first-order valence-electron chi connectivity index (χ1n) is 9.51. The van der Waals surface area contributed by atoms with Crippen molar-refractivity contribution in [2.45, 2.75) is 31.7 Å². The monoisotopic (exact) mass is 405 g/mol. The summed E-state index contributed by atoms with van der Waals surface area (Å²) >= 11 is 1.27. The molecule has 0 radical (unpaired) electrons. The molecule has 1 heterocycles. The van der Waals surface area contributed by atoms with Crippen molar-refractivity contribution in [3.05, 3.63) is 59.2 Å². The number of amides is 1. The molecule has 0 bridgehead atoms. The standard InChI is InChI=1S/C23H23N3O2S/c1-4-15-7-6-8-16(5-2)22(15)26-21(27)14-29-23-18(13-24)11-17-12-19(28-3)9-10-20(17)25-23/h6-12H,4-5,14H2,1-3H3,(H,26,27). The lowest BCUT2D eigenvalue weighted by atomic mass is 10.0. The van der Waals surface area contributed by atoms with E-state index in [1.54, 1.807) is 13.2 Å². The minimum Gasteiger partial charge on any atom is -0.497 e. The molecule has 6 heteroatoms. The summed E-state index contributed by atoms with van der Waals surface area (Å²) in [6.07, 6.45) is 1.70. The molecular formula is C23H23N3O2S. The molecule has 1 amide bonds. The predicted molar refractivity (Wildman–Crippen MR) is 118 cm³/mol. The Balaban J connectivity index is 1.78. The normalized spacial score (nSPS) is 10.6. The van der Waals surface area contributed by atoms with Crippen LogP contribution in [0.2, 0.25) is 0 Å². The van der Waals surface area contributed by atoms with Crippen LogP contribution in [0.15, 0.2) is 47.5 Å². The number of benzene rings is 2. The van der Waals surface area contributed by atoms with Gasteiger partial charge >= 0.3 is 0 Å². The Morgan fingerprint density at radius 3 is 2.52 bits per heavy atom. The molecule has 5 nitrogen and oxygen atoms in total. The van der Waals surface area contributed by atoms with Crippen LogP contribution < -0.4 is 10.1 Å². The number of methoxy groups -OCH3 is 1. The number of fused-ring (bicyclic) bond motifs is 1. The van der Waals surface area contributed by atoms with Gasteiger partial charge in [-0.15, -0.1) is 0 Å². The first-order chi connectivity index (χ1) is 14.1. The molecule has 1 aromatic heterocycles. The smallest absolute Gasteiger partial charge is 0.234 e. The summed E-state index contributed by atoms with van der Waals surface area (Å²) in [4.78, 5) is 17.2. The number of hydrogen-bond donors (Lipinski definition) is 1. The maximum absolute atomic E-state index is 12.6. The molecule has 3 aromatic rings. The number of thioether (sulfide) groups is 1. The quantitative estimate of drug-likeness (QED) is 0.562. The molecule has 0 unspecified atom stereocenters. The van der Waals surface area contributed by atoms with E-state index in [2.05, 4.69) is 30.2 Å². The fraction of sp³-hybridized carbons (Fsp3) is 0.261. The lowest BCUT2D eigenvalue weighted by Crippen LogP contribution is -2.17. The van der Waals surface area contributed by atoms with Gasteiger partial charge in [-0.3, -0.25) is 4.79 Å². The van der Waals surface area contributed by atoms with Gasteiger partial charge in [-0.1, -0.05) is 43.8 Å². The lowest BCUT2D eigenvalue weighted by Gasteiger charge is -2.14. The molecule has 3 rings (SSSR count). The number of anilines is 1. The number of carbonyl (C=O) groups is 1. The van der Waals surface area contributed by atoms with E-state index in [0.29, 0.717) is 16.3 Å². The second-order valence-electron chi connectivity index (χ2n) is 6.51. The van der Waals surface area contributed by atoms with E-state index in [0.717, 1.165) is 40.6 Å². The number of nitriles is 1. The molecule has 0 spiro atoms. The molecule has 0 aliphatic carbocycles. The summed E-state index contributed by atoms with van der Waals surface area (Å²) in [5.41, 5.74) is 4.36. The zero-order valence-corrected chi connectivity index (χ0v) is 17.6. The Hall–Kier alpha value is -3.04. The third-order valence-corrected chi connectivity index (χ3v) is 5.70. The predicted octanol–water partition coefficient (Wildman–Crippen LogP) is 4.97. The first-order valence-corrected chi connectivity index (χ1v) is 10.5. The van der Waals surface area contributed by atoms with Crippen LogP contribution in [0.5, 0.6) is 5.75 Å². The average Bonchev–Trinajstić information content (AvgIpc) is 2.76. The minimum absolute atomic E-state index is 0.105. The average molecular weight is 406 g/mol. The van der Waals surface area contributed by atoms with E-state index in [1.165, 1.54) is 11.8 Å². The lowest BCUT2D eigenvalue weighted by molar-refractivity contribution is -0.113. The van der Waals surface area contributed by atoms with Crippen molar-refractivity contribution in [3.63, 3.8) is 0 Å². The maximum Gasteiger partial charge on any atom is 0.234 e. The first kappa shape index (κ1) is 20.7. The van der Waals surface area contributed by atoms with Crippen molar-refractivity contribution < 1.29 is 9.53 Å². The van der Waals surface area contributed by atoms with Crippen LogP contribution in [0.4, 0.5) is 5.69 Å². The second kappa shape index (κ2) is 9.44. The Labute approximate surface area is 175 Å². The molecule has 0 fully saturated rings. The summed E-state index contributed by atoms with van der Waals surface area (Å²) in [6, 6.07) is 15.6. The fourth-order valence-corrected chi connectivity index (χ4v) is 3.93. The minimum atomic E-state index is -0.105. The molecule has 0 atom stereocenters. The molecule has 2 aromatic carbocycles. The summed E-state index contributed by atoms with van der Waals surface area (Å²) in [6.45, 7) is 4.15. The highest BCUT2D eigenvalue weighted by atomic mass is 32.2. The zero-order valence-electron chi connectivity index (χ0n) is 16.8. The Morgan fingerprint density at radius 2 is 1.90 bits per heavy atom. The van der Waals surface area contributed by atoms with Gasteiger partial charge < -0.3 is 10.1 Å². The van der Waals surface area contributed by atoms with Crippen molar-refractivity contribution >= 4 is 34.3 Å². The van der Waals surface area contributed by atoms with E-state index in [-0.39, 0.29) is 11.7 Å². The molecule has 0 saturated carbocycles. The van der Waals surface area contributed by atoms with Crippen molar-refractivity contribution in [3.8, 4) is 11.8 Å². The van der Waals surface area contributed by atoms with E-state index < -0.39 is 0 Å². The number of ether oxygens (including phenoxy) is 1. The third-order valence-electron chi connectivity index (χ3n) is 4.71. The van der Waals surface area contributed by atoms with E-state index >= 15 is 0 Å². The number of para-hydroxylation sites is 1. The summed E-state index contributed by atoms with van der Waals surface area (Å²) < 4.78 is 5.23. The SMILES string of the molecule is CCc1cccc(CC)c1NC(=O)CSc1nc2ccc(OC)cc2cc1C#N. The van der Waals surface area contributed by atoms with Crippen molar-refractivity contribution in [2.24, 2.45) is 0 Å². The molecule has 29 heavy (non-hydrogen) atoms. The summed E-state index contributed by atoms with van der Waals surface area (Å²) in [5.74, 6) is 0.792. The van der Waals surface area contributed by atoms with Gasteiger partial charge in [0.05, 0.1) is 23.9 Å². The number of aromatic nitrogens is 1. The largest absolute Gasteiger partial charge is 0.497 e. The fourth-order valence-electron chi connectivity index (χ4n) is 3.17. The number of aryl methyl sites for hydroxylation is 2. The number of rotatable bonds is 7. The molecule has 148 valence electrons. The highest BCUT2D eigenvalue weighted by Gasteiger charge is 2.13. The molecule has 1 N–H and O–H groups in total. The van der Waals surface area contributed by atoms with Crippen LogP contribution in [0.1, 0.15) is 30.5 Å². The Bertz CT molecular complexity index is 1070. The van der Waals surface area contributed by atoms with Gasteiger partial charge in [-0.2, -0.15) is 5.26 Å². The van der Waals surface area contributed by atoms with Crippen LogP contribution in [0.3, 0.4) is 0 Å². The van der Waals surface area contributed by atoms with Gasteiger partial charge in [0.2, 0.25) is 5.91 Å². The number of pyridine rings is 1. The third kappa shape index (κ3) is 4.69. The van der Waals surface area contributed by atoms with E-state index in [4.69, 9.17) is 4.74 Å². The number of hydrogen-bond acceptors (Lipinski definition) is 5. The Kier molecular flexibility index (Phi) is 6.73. The van der Waals surface area contributed by atoms with Gasteiger partial charge in [-0.05, 0) is 48.2 Å². The van der Waals surface area contributed by atoms with Gasteiger partial charge in [0.15, 0.2) is 0 Å².